The van der Waals surface area contributed by atoms with Crippen LogP contribution in [0.4, 0.5) is 5.69 Å². The molecule has 0 bridgehead atoms. The third kappa shape index (κ3) is 5.97. The van der Waals surface area contributed by atoms with Gasteiger partial charge in [0.2, 0.25) is 0 Å². The zero-order valence-corrected chi connectivity index (χ0v) is 18.8. The molecule has 2 unspecified atom stereocenters. The predicted octanol–water partition coefficient (Wildman–Crippen LogP) is 5.54. The van der Waals surface area contributed by atoms with Crippen LogP contribution in [0.25, 0.3) is 0 Å². The van der Waals surface area contributed by atoms with Crippen LogP contribution in [0, 0.1) is 0 Å². The van der Waals surface area contributed by atoms with Gasteiger partial charge in [-0.05, 0) is 55.2 Å². The van der Waals surface area contributed by atoms with Crippen molar-refractivity contribution in [3.05, 3.63) is 95.6 Å². The summed E-state index contributed by atoms with van der Waals surface area (Å²) in [6, 6.07) is 24.3. The van der Waals surface area contributed by atoms with E-state index in [1.54, 1.807) is 24.3 Å². The number of carbonyl (C=O) groups excluding carboxylic acids is 2. The summed E-state index contributed by atoms with van der Waals surface area (Å²) < 4.78 is 5.91. The topological polar surface area (TPSA) is 67.4 Å². The van der Waals surface area contributed by atoms with Gasteiger partial charge in [-0.25, -0.2) is 0 Å². The number of benzene rings is 3. The zero-order chi connectivity index (χ0) is 22.9. The molecule has 2 atom stereocenters. The fourth-order valence-electron chi connectivity index (χ4n) is 3.39. The number of anilines is 1. The third-order valence-electron chi connectivity index (χ3n) is 5.35. The molecule has 3 aromatic rings. The maximum Gasteiger partial charge on any atom is 0.265 e. The minimum absolute atomic E-state index is 0.162. The van der Waals surface area contributed by atoms with Crippen molar-refractivity contribution in [2.45, 2.75) is 45.8 Å². The normalized spacial score (nSPS) is 12.5. The lowest BCUT2D eigenvalue weighted by atomic mass is 10.1. The minimum atomic E-state index is -0.665. The number of aryl methyl sites for hydroxylation is 1. The van der Waals surface area contributed by atoms with Crippen LogP contribution in [0.3, 0.4) is 0 Å². The van der Waals surface area contributed by atoms with Crippen molar-refractivity contribution < 1.29 is 14.3 Å². The van der Waals surface area contributed by atoms with E-state index in [1.165, 1.54) is 5.56 Å². The summed E-state index contributed by atoms with van der Waals surface area (Å²) in [7, 11) is 0. The molecule has 0 saturated carbocycles. The summed E-state index contributed by atoms with van der Waals surface area (Å²) in [6.07, 6.45) is 0.780. The Morgan fingerprint density at radius 1 is 0.875 bits per heavy atom. The van der Waals surface area contributed by atoms with Gasteiger partial charge in [-0.1, -0.05) is 68.4 Å². The van der Waals surface area contributed by atoms with Gasteiger partial charge in [0.25, 0.3) is 11.8 Å². The number of hydrogen-bond acceptors (Lipinski definition) is 3. The molecular formula is C27H30N2O3. The SMILES string of the molecule is CCc1ccc(OC(CC)C(=O)Nc2ccccc2C(=O)NC(C)c2ccccc2)cc1. The van der Waals surface area contributed by atoms with Gasteiger partial charge in [-0.3, -0.25) is 9.59 Å². The van der Waals surface area contributed by atoms with E-state index in [4.69, 9.17) is 4.74 Å². The summed E-state index contributed by atoms with van der Waals surface area (Å²) in [5.41, 5.74) is 3.08. The summed E-state index contributed by atoms with van der Waals surface area (Å²) in [4.78, 5) is 25.8. The van der Waals surface area contributed by atoms with Crippen molar-refractivity contribution in [1.29, 1.82) is 0 Å². The smallest absolute Gasteiger partial charge is 0.265 e. The van der Waals surface area contributed by atoms with Crippen LogP contribution in [-0.4, -0.2) is 17.9 Å². The molecule has 0 heterocycles. The van der Waals surface area contributed by atoms with Crippen molar-refractivity contribution in [2.75, 3.05) is 5.32 Å². The van der Waals surface area contributed by atoms with Crippen LogP contribution in [0.2, 0.25) is 0 Å². The molecule has 0 radical (unpaired) electrons. The van der Waals surface area contributed by atoms with Gasteiger partial charge in [0.1, 0.15) is 5.75 Å². The maximum absolute atomic E-state index is 12.9. The molecule has 0 saturated heterocycles. The van der Waals surface area contributed by atoms with E-state index in [-0.39, 0.29) is 17.9 Å². The molecule has 5 heteroatoms. The van der Waals surface area contributed by atoms with E-state index >= 15 is 0 Å². The highest BCUT2D eigenvalue weighted by Gasteiger charge is 2.21. The first-order valence-electron chi connectivity index (χ1n) is 11.0. The van der Waals surface area contributed by atoms with E-state index < -0.39 is 6.10 Å². The number of para-hydroxylation sites is 1. The Balaban J connectivity index is 1.69. The van der Waals surface area contributed by atoms with Gasteiger partial charge < -0.3 is 15.4 Å². The Bertz CT molecular complexity index is 1030. The summed E-state index contributed by atoms with van der Waals surface area (Å²) in [5, 5.41) is 5.87. The predicted molar refractivity (Wildman–Crippen MR) is 128 cm³/mol. The molecule has 0 aliphatic rings. The third-order valence-corrected chi connectivity index (χ3v) is 5.35. The van der Waals surface area contributed by atoms with Gasteiger partial charge in [0, 0.05) is 0 Å². The van der Waals surface area contributed by atoms with Gasteiger partial charge in [-0.2, -0.15) is 0 Å². The fraction of sp³-hybridized carbons (Fsp3) is 0.259. The molecule has 3 aromatic carbocycles. The Kier molecular flexibility index (Phi) is 8.03. The largest absolute Gasteiger partial charge is 0.481 e. The second kappa shape index (κ2) is 11.1. The molecule has 0 aromatic heterocycles. The number of carbonyl (C=O) groups is 2. The molecule has 5 nitrogen and oxygen atoms in total. The monoisotopic (exact) mass is 430 g/mol. The van der Waals surface area contributed by atoms with E-state index in [1.807, 2.05) is 68.4 Å². The first kappa shape index (κ1) is 23.1. The number of amides is 2. The molecule has 32 heavy (non-hydrogen) atoms. The maximum atomic E-state index is 12.9. The summed E-state index contributed by atoms with van der Waals surface area (Å²) in [6.45, 7) is 5.91. The van der Waals surface area contributed by atoms with Crippen molar-refractivity contribution in [3.8, 4) is 5.75 Å². The molecule has 0 spiro atoms. The van der Waals surface area contributed by atoms with Gasteiger partial charge >= 0.3 is 0 Å². The van der Waals surface area contributed by atoms with Crippen LogP contribution >= 0.6 is 0 Å². The van der Waals surface area contributed by atoms with E-state index in [9.17, 15) is 9.59 Å². The number of ether oxygens (including phenoxy) is 1. The van der Waals surface area contributed by atoms with E-state index in [0.29, 0.717) is 23.4 Å². The van der Waals surface area contributed by atoms with E-state index in [0.717, 1.165) is 12.0 Å². The van der Waals surface area contributed by atoms with Crippen molar-refractivity contribution in [2.24, 2.45) is 0 Å². The average Bonchev–Trinajstić information content (AvgIpc) is 2.83. The highest BCUT2D eigenvalue weighted by atomic mass is 16.5. The second-order valence-corrected chi connectivity index (χ2v) is 7.65. The first-order valence-corrected chi connectivity index (χ1v) is 11.0. The lowest BCUT2D eigenvalue weighted by molar-refractivity contribution is -0.122. The highest BCUT2D eigenvalue weighted by Crippen LogP contribution is 2.20. The first-order chi connectivity index (χ1) is 15.5. The van der Waals surface area contributed by atoms with Crippen LogP contribution in [0.15, 0.2) is 78.9 Å². The zero-order valence-electron chi connectivity index (χ0n) is 18.8. The van der Waals surface area contributed by atoms with Crippen molar-refractivity contribution in [1.82, 2.24) is 5.32 Å². The quantitative estimate of drug-likeness (QED) is 0.469. The Morgan fingerprint density at radius 2 is 1.53 bits per heavy atom. The van der Waals surface area contributed by atoms with Crippen molar-refractivity contribution >= 4 is 17.5 Å². The Morgan fingerprint density at radius 3 is 2.19 bits per heavy atom. The summed E-state index contributed by atoms with van der Waals surface area (Å²) >= 11 is 0. The number of hydrogen-bond donors (Lipinski definition) is 2. The highest BCUT2D eigenvalue weighted by molar-refractivity contribution is 6.04. The van der Waals surface area contributed by atoms with Crippen LogP contribution < -0.4 is 15.4 Å². The molecule has 0 aliphatic carbocycles. The van der Waals surface area contributed by atoms with Gasteiger partial charge in [-0.15, -0.1) is 0 Å². The lowest BCUT2D eigenvalue weighted by Gasteiger charge is -2.19. The van der Waals surface area contributed by atoms with Crippen molar-refractivity contribution in [3.63, 3.8) is 0 Å². The minimum Gasteiger partial charge on any atom is -0.481 e. The molecule has 166 valence electrons. The van der Waals surface area contributed by atoms with Gasteiger partial charge in [0.05, 0.1) is 17.3 Å². The molecule has 0 aliphatic heterocycles. The standard InChI is InChI=1S/C27H30N2O3/c1-4-20-15-17-22(18-16-20)32-25(5-2)27(31)29-24-14-10-9-13-23(24)26(30)28-19(3)21-11-7-6-8-12-21/h6-19,25H,4-5H2,1-3H3,(H,28,30)(H,29,31). The summed E-state index contributed by atoms with van der Waals surface area (Å²) in [5.74, 6) is 0.108. The molecule has 2 N–H and O–H groups in total. The molecule has 0 fully saturated rings. The van der Waals surface area contributed by atoms with Crippen LogP contribution in [0.1, 0.15) is 54.7 Å². The fourth-order valence-corrected chi connectivity index (χ4v) is 3.39. The Hall–Kier alpha value is -3.60. The van der Waals surface area contributed by atoms with Crippen LogP contribution in [-0.2, 0) is 11.2 Å². The number of nitrogens with one attached hydrogen (secondary N) is 2. The molecular weight excluding hydrogens is 400 g/mol. The average molecular weight is 431 g/mol. The Labute approximate surface area is 189 Å². The molecule has 2 amide bonds. The second-order valence-electron chi connectivity index (χ2n) is 7.65. The van der Waals surface area contributed by atoms with E-state index in [2.05, 4.69) is 17.6 Å². The van der Waals surface area contributed by atoms with Gasteiger partial charge in [0.15, 0.2) is 6.10 Å². The number of rotatable bonds is 9. The molecule has 3 rings (SSSR count). The lowest BCUT2D eigenvalue weighted by Crippen LogP contribution is -2.34. The van der Waals surface area contributed by atoms with Crippen LogP contribution in [0.5, 0.6) is 5.75 Å².